The highest BCUT2D eigenvalue weighted by Crippen LogP contribution is 2.33. The number of carbonyl (C=O) groups excluding carboxylic acids is 5. The van der Waals surface area contributed by atoms with E-state index in [1.54, 1.807) is 0 Å². The highest BCUT2D eigenvalue weighted by atomic mass is 16.2. The first kappa shape index (κ1) is 30.6. The van der Waals surface area contributed by atoms with Gasteiger partial charge in [-0.25, -0.2) is 4.79 Å². The summed E-state index contributed by atoms with van der Waals surface area (Å²) < 4.78 is 0. The summed E-state index contributed by atoms with van der Waals surface area (Å²) in [5.41, 5.74) is 4.15. The second-order valence-corrected chi connectivity index (χ2v) is 13.2. The van der Waals surface area contributed by atoms with E-state index >= 15 is 0 Å². The first-order valence-corrected chi connectivity index (χ1v) is 13.4. The van der Waals surface area contributed by atoms with Crippen LogP contribution in [0.4, 0.5) is 4.79 Å². The summed E-state index contributed by atoms with van der Waals surface area (Å²) in [6.45, 7) is 15.6. The fourth-order valence-electron chi connectivity index (χ4n) is 4.90. The van der Waals surface area contributed by atoms with Crippen LogP contribution in [0.3, 0.4) is 0 Å². The Labute approximate surface area is 221 Å². The van der Waals surface area contributed by atoms with E-state index in [4.69, 9.17) is 5.73 Å². The molecule has 0 aromatic heterocycles. The summed E-state index contributed by atoms with van der Waals surface area (Å²) in [5.74, 6) is -2.17. The van der Waals surface area contributed by atoms with Crippen molar-refractivity contribution in [3.05, 3.63) is 0 Å². The Bertz CT molecular complexity index is 885. The lowest BCUT2D eigenvalue weighted by Gasteiger charge is -2.36. The molecule has 1 aliphatic heterocycles. The minimum atomic E-state index is -1.08. The quantitative estimate of drug-likeness (QED) is 0.343. The van der Waals surface area contributed by atoms with Gasteiger partial charge in [0, 0.05) is 12.1 Å². The van der Waals surface area contributed by atoms with Gasteiger partial charge in [0.1, 0.15) is 12.1 Å². The summed E-state index contributed by atoms with van der Waals surface area (Å²) in [6.07, 6.45) is 3.73. The zero-order chi connectivity index (χ0) is 28.3. The summed E-state index contributed by atoms with van der Waals surface area (Å²) >= 11 is 0. The van der Waals surface area contributed by atoms with Gasteiger partial charge in [-0.05, 0) is 56.8 Å². The van der Waals surface area contributed by atoms with Crippen molar-refractivity contribution in [3.8, 4) is 0 Å². The minimum Gasteiger partial charge on any atom is -0.363 e. The highest BCUT2D eigenvalue weighted by Gasteiger charge is 2.46. The molecule has 0 unspecified atom stereocenters. The number of carbonyl (C=O) groups is 5. The molecule has 2 fully saturated rings. The maximum atomic E-state index is 13.9. The molecular formula is C27H47N5O5. The Morgan fingerprint density at radius 3 is 2.00 bits per heavy atom. The second kappa shape index (κ2) is 11.8. The summed E-state index contributed by atoms with van der Waals surface area (Å²) in [4.78, 5) is 65.8. The monoisotopic (exact) mass is 521 g/mol. The molecule has 1 heterocycles. The van der Waals surface area contributed by atoms with Crippen molar-refractivity contribution in [1.82, 2.24) is 20.9 Å². The van der Waals surface area contributed by atoms with Crippen LogP contribution in [0.25, 0.3) is 0 Å². The number of likely N-dealkylation sites (tertiary alicyclic amines) is 1. The number of nitrogens with two attached hydrogens (primary N) is 1. The molecule has 4 atom stereocenters. The van der Waals surface area contributed by atoms with E-state index in [1.807, 2.05) is 55.4 Å². The number of amides is 5. The second-order valence-electron chi connectivity index (χ2n) is 13.2. The van der Waals surface area contributed by atoms with Crippen molar-refractivity contribution in [2.45, 2.75) is 111 Å². The van der Waals surface area contributed by atoms with Gasteiger partial charge in [0.25, 0.3) is 5.91 Å². The molecule has 0 radical (unpaired) electrons. The third-order valence-electron chi connectivity index (χ3n) is 7.41. The fraction of sp³-hybridized carbons (Fsp3) is 0.815. The number of ketones is 1. The molecule has 0 aromatic rings. The molecule has 5 N–H and O–H groups in total. The van der Waals surface area contributed by atoms with Crippen LogP contribution in [0.1, 0.15) is 87.5 Å². The van der Waals surface area contributed by atoms with E-state index in [2.05, 4.69) is 16.0 Å². The average molecular weight is 522 g/mol. The van der Waals surface area contributed by atoms with Gasteiger partial charge in [-0.15, -0.1) is 0 Å². The molecule has 10 heteroatoms. The molecule has 1 saturated carbocycles. The molecule has 0 aromatic carbocycles. The van der Waals surface area contributed by atoms with Crippen molar-refractivity contribution in [1.29, 1.82) is 0 Å². The number of Topliss-reactive ketones (excluding diaryl/α,β-unsaturated/α-hetero) is 1. The lowest BCUT2D eigenvalue weighted by molar-refractivity contribution is -0.143. The van der Waals surface area contributed by atoms with Crippen LogP contribution in [0.15, 0.2) is 0 Å². The molecule has 0 spiro atoms. The van der Waals surface area contributed by atoms with E-state index in [9.17, 15) is 24.0 Å². The molecular weight excluding hydrogens is 474 g/mol. The van der Waals surface area contributed by atoms with E-state index in [0.29, 0.717) is 19.4 Å². The average Bonchev–Trinajstić information content (AvgIpc) is 3.16. The molecule has 2 rings (SSSR count). The standard InChI is InChI=1S/C27H47N5O5/c1-15(2)17-13-19(23(35)29-18(20(33)22(28)34)12-16-10-9-11-16)32(14-17)24(36)21(26(3,4)5)30-25(37)31-27(6,7)8/h15-19,21H,9-14H2,1-8H3,(H2,28,34)(H,29,35)(H2,30,31,37)/t17-,18+,19+,21-/m1/s1. The Hall–Kier alpha value is -2.65. The van der Waals surface area contributed by atoms with Crippen LogP contribution >= 0.6 is 0 Å². The predicted octanol–water partition coefficient (Wildman–Crippen LogP) is 2.10. The number of primary amides is 1. The van der Waals surface area contributed by atoms with Crippen molar-refractivity contribution in [2.75, 3.05) is 6.54 Å². The van der Waals surface area contributed by atoms with Gasteiger partial charge in [-0.2, -0.15) is 0 Å². The Balaban J connectivity index is 2.29. The molecule has 210 valence electrons. The normalized spacial score (nSPS) is 22.1. The first-order valence-electron chi connectivity index (χ1n) is 13.4. The van der Waals surface area contributed by atoms with Crippen molar-refractivity contribution in [2.24, 2.45) is 28.9 Å². The zero-order valence-corrected chi connectivity index (χ0v) is 23.8. The predicted molar refractivity (Wildman–Crippen MR) is 141 cm³/mol. The third kappa shape index (κ3) is 8.43. The van der Waals surface area contributed by atoms with E-state index in [0.717, 1.165) is 19.3 Å². The number of nitrogens with zero attached hydrogens (tertiary/aromatic N) is 1. The number of hydrogen-bond donors (Lipinski definition) is 4. The van der Waals surface area contributed by atoms with Crippen molar-refractivity contribution in [3.63, 3.8) is 0 Å². The number of rotatable bonds is 9. The minimum absolute atomic E-state index is 0.0700. The first-order chi connectivity index (χ1) is 16.9. The highest BCUT2D eigenvalue weighted by molar-refractivity contribution is 6.37. The van der Waals surface area contributed by atoms with E-state index in [1.165, 1.54) is 4.90 Å². The van der Waals surface area contributed by atoms with Crippen LogP contribution in [0.5, 0.6) is 0 Å². The van der Waals surface area contributed by atoms with Gasteiger partial charge in [0.05, 0.1) is 6.04 Å². The van der Waals surface area contributed by atoms with Gasteiger partial charge in [-0.3, -0.25) is 19.2 Å². The fourth-order valence-corrected chi connectivity index (χ4v) is 4.90. The van der Waals surface area contributed by atoms with Crippen molar-refractivity contribution >= 4 is 29.5 Å². The lowest BCUT2D eigenvalue weighted by atomic mass is 9.80. The van der Waals surface area contributed by atoms with Crippen LogP contribution < -0.4 is 21.7 Å². The topological polar surface area (TPSA) is 151 Å². The number of urea groups is 1. The smallest absolute Gasteiger partial charge is 0.315 e. The molecule has 0 bridgehead atoms. The van der Waals surface area contributed by atoms with Gasteiger partial charge in [0.2, 0.25) is 17.6 Å². The molecule has 10 nitrogen and oxygen atoms in total. The van der Waals surface area contributed by atoms with E-state index < -0.39 is 52.7 Å². The Morgan fingerprint density at radius 2 is 1.57 bits per heavy atom. The molecule has 1 saturated heterocycles. The summed E-state index contributed by atoms with van der Waals surface area (Å²) in [5, 5.41) is 8.40. The lowest BCUT2D eigenvalue weighted by Crippen LogP contribution is -2.61. The summed E-state index contributed by atoms with van der Waals surface area (Å²) in [7, 11) is 0. The Kier molecular flexibility index (Phi) is 9.76. The van der Waals surface area contributed by atoms with Crippen LogP contribution in [-0.2, 0) is 19.2 Å². The maximum absolute atomic E-state index is 13.9. The molecule has 2 aliphatic rings. The zero-order valence-electron chi connectivity index (χ0n) is 23.8. The van der Waals surface area contributed by atoms with Gasteiger partial charge in [0.15, 0.2) is 0 Å². The van der Waals surface area contributed by atoms with Crippen molar-refractivity contribution < 1.29 is 24.0 Å². The van der Waals surface area contributed by atoms with Crippen LogP contribution in [-0.4, -0.2) is 64.6 Å². The van der Waals surface area contributed by atoms with Crippen LogP contribution in [0, 0.1) is 23.2 Å². The van der Waals surface area contributed by atoms with Gasteiger partial charge >= 0.3 is 6.03 Å². The SMILES string of the molecule is CC(C)[C@@H]1C[C@@H](C(=O)N[C@@H](CC2CCC2)C(=O)C(N)=O)N(C(=O)[C@@H](NC(=O)NC(C)(C)C)C(C)(C)C)C1. The van der Waals surface area contributed by atoms with Crippen LogP contribution in [0.2, 0.25) is 0 Å². The molecule has 5 amide bonds. The number of nitrogens with one attached hydrogen (secondary N) is 3. The molecule has 37 heavy (non-hydrogen) atoms. The Morgan fingerprint density at radius 1 is 0.973 bits per heavy atom. The largest absolute Gasteiger partial charge is 0.363 e. The van der Waals surface area contributed by atoms with E-state index in [-0.39, 0.29) is 23.7 Å². The maximum Gasteiger partial charge on any atom is 0.315 e. The summed E-state index contributed by atoms with van der Waals surface area (Å²) in [6, 6.07) is -3.16. The molecule has 1 aliphatic carbocycles. The number of hydrogen-bond acceptors (Lipinski definition) is 5. The van der Waals surface area contributed by atoms with Gasteiger partial charge in [-0.1, -0.05) is 53.9 Å². The third-order valence-corrected chi connectivity index (χ3v) is 7.41. The van der Waals surface area contributed by atoms with Gasteiger partial charge < -0.3 is 26.6 Å².